The van der Waals surface area contributed by atoms with Crippen LogP contribution in [-0.2, 0) is 28.6 Å². The third kappa shape index (κ3) is 53.0. The Bertz CT molecular complexity index is 1410. The van der Waals surface area contributed by atoms with Crippen LogP contribution in [0.15, 0.2) is 109 Å². The SMILES string of the molecule is CC/C=C\C/C=C\C/C=C\C/C=C\C/C=C\CCCC(=O)OC(COC(=O)CCCCCCC/C=C\CCCCC)COC(=O)CCCCCCCC/C=C\C/C=C\C/C=C\CCCCCCC. The summed E-state index contributed by atoms with van der Waals surface area (Å²) in [5, 5.41) is 0. The summed E-state index contributed by atoms with van der Waals surface area (Å²) < 4.78 is 16.8. The van der Waals surface area contributed by atoms with Crippen molar-refractivity contribution in [2.75, 3.05) is 13.2 Å². The molecule has 0 aliphatic heterocycles. The molecule has 0 aliphatic rings. The molecule has 0 rings (SSSR count). The Labute approximate surface area is 419 Å². The van der Waals surface area contributed by atoms with Gasteiger partial charge in [0.25, 0.3) is 0 Å². The number of hydrogen-bond donors (Lipinski definition) is 0. The smallest absolute Gasteiger partial charge is 0.306 e. The number of unbranched alkanes of at least 4 members (excludes halogenated alkanes) is 20. The normalized spacial score (nSPS) is 12.9. The van der Waals surface area contributed by atoms with Crippen LogP contribution in [0, 0.1) is 0 Å². The van der Waals surface area contributed by atoms with E-state index in [1.165, 1.54) is 83.5 Å². The molecule has 1 unspecified atom stereocenters. The maximum Gasteiger partial charge on any atom is 0.306 e. The highest BCUT2D eigenvalue weighted by Crippen LogP contribution is 2.13. The van der Waals surface area contributed by atoms with Gasteiger partial charge in [-0.3, -0.25) is 14.4 Å². The minimum atomic E-state index is -0.818. The average molecular weight is 943 g/mol. The minimum absolute atomic E-state index is 0.111. The summed E-state index contributed by atoms with van der Waals surface area (Å²) in [6, 6.07) is 0. The average Bonchev–Trinajstić information content (AvgIpc) is 3.34. The van der Waals surface area contributed by atoms with E-state index in [2.05, 4.69) is 130 Å². The van der Waals surface area contributed by atoms with E-state index in [0.717, 1.165) is 116 Å². The molecule has 0 saturated carbocycles. The van der Waals surface area contributed by atoms with Crippen molar-refractivity contribution in [3.8, 4) is 0 Å². The predicted molar refractivity (Wildman–Crippen MR) is 293 cm³/mol. The first kappa shape index (κ1) is 64.1. The fraction of sp³-hybridized carbons (Fsp3) is 0.661. The number of rotatable bonds is 49. The van der Waals surface area contributed by atoms with Crippen LogP contribution in [0.5, 0.6) is 0 Å². The molecule has 0 N–H and O–H groups in total. The fourth-order valence-electron chi connectivity index (χ4n) is 7.30. The summed E-state index contributed by atoms with van der Waals surface area (Å²) in [6.07, 6.45) is 75.1. The summed E-state index contributed by atoms with van der Waals surface area (Å²) in [5.74, 6) is -0.994. The Morgan fingerprint density at radius 2 is 0.588 bits per heavy atom. The van der Waals surface area contributed by atoms with E-state index in [1.807, 2.05) is 0 Å². The third-order valence-corrected chi connectivity index (χ3v) is 11.5. The maximum absolute atomic E-state index is 12.8. The Balaban J connectivity index is 4.48. The topological polar surface area (TPSA) is 78.9 Å². The predicted octanol–water partition coefficient (Wildman–Crippen LogP) is 18.7. The first-order chi connectivity index (χ1) is 33.5. The van der Waals surface area contributed by atoms with Gasteiger partial charge >= 0.3 is 17.9 Å². The number of esters is 3. The van der Waals surface area contributed by atoms with Crippen LogP contribution in [0.2, 0.25) is 0 Å². The van der Waals surface area contributed by atoms with Crippen LogP contribution >= 0.6 is 0 Å². The molecular formula is C62H102O6. The zero-order valence-electron chi connectivity index (χ0n) is 44.1. The van der Waals surface area contributed by atoms with Crippen molar-refractivity contribution in [3.05, 3.63) is 109 Å². The summed E-state index contributed by atoms with van der Waals surface area (Å²) in [5.41, 5.74) is 0. The van der Waals surface area contributed by atoms with Crippen LogP contribution in [-0.4, -0.2) is 37.2 Å². The van der Waals surface area contributed by atoms with Crippen molar-refractivity contribution in [2.45, 2.75) is 252 Å². The van der Waals surface area contributed by atoms with Crippen molar-refractivity contribution in [3.63, 3.8) is 0 Å². The number of carbonyl (C=O) groups is 3. The van der Waals surface area contributed by atoms with E-state index in [0.29, 0.717) is 19.3 Å². The monoisotopic (exact) mass is 943 g/mol. The summed E-state index contributed by atoms with van der Waals surface area (Å²) in [6.45, 7) is 6.42. The molecule has 0 saturated heterocycles. The van der Waals surface area contributed by atoms with E-state index >= 15 is 0 Å². The lowest BCUT2D eigenvalue weighted by Crippen LogP contribution is -2.30. The zero-order chi connectivity index (χ0) is 49.3. The lowest BCUT2D eigenvalue weighted by Gasteiger charge is -2.18. The molecule has 6 nitrogen and oxygen atoms in total. The second kappa shape index (κ2) is 55.7. The molecule has 0 aromatic carbocycles. The molecule has 0 radical (unpaired) electrons. The van der Waals surface area contributed by atoms with Gasteiger partial charge in [-0.1, -0.05) is 214 Å². The lowest BCUT2D eigenvalue weighted by molar-refractivity contribution is -0.167. The largest absolute Gasteiger partial charge is 0.462 e. The second-order valence-corrected chi connectivity index (χ2v) is 18.1. The van der Waals surface area contributed by atoms with E-state index in [-0.39, 0.29) is 37.5 Å². The Kier molecular flexibility index (Phi) is 52.4. The summed E-state index contributed by atoms with van der Waals surface area (Å²) >= 11 is 0. The van der Waals surface area contributed by atoms with Gasteiger partial charge in [0.2, 0.25) is 0 Å². The molecule has 6 heteroatoms. The van der Waals surface area contributed by atoms with Crippen molar-refractivity contribution in [2.24, 2.45) is 0 Å². The van der Waals surface area contributed by atoms with E-state index in [1.54, 1.807) is 0 Å². The fourth-order valence-corrected chi connectivity index (χ4v) is 7.30. The second-order valence-electron chi connectivity index (χ2n) is 18.1. The molecule has 68 heavy (non-hydrogen) atoms. The number of carbonyl (C=O) groups excluding carboxylic acids is 3. The van der Waals surface area contributed by atoms with Gasteiger partial charge < -0.3 is 14.2 Å². The minimum Gasteiger partial charge on any atom is -0.462 e. The number of hydrogen-bond acceptors (Lipinski definition) is 6. The van der Waals surface area contributed by atoms with E-state index in [9.17, 15) is 14.4 Å². The standard InChI is InChI=1S/C62H102O6/c1-4-7-10-13-16-19-22-25-27-29-30-31-32-34-35-37-40-43-46-49-52-55-61(64)67-58-59(57-66-60(63)54-51-48-45-42-39-24-21-18-15-12-9-6-3)68-62(65)56-53-50-47-44-41-38-36-33-28-26-23-20-17-14-11-8-5-2/h8,11,17-18,20-22,25-26,28-30,32,34,36,38,44,47,59H,4-7,9-10,12-16,19,23-24,27,31,33,35,37,39-43,45-46,48-58H2,1-3H3/b11-8-,20-17-,21-18-,25-22-,28-26-,30-29-,34-32-,38-36-,47-44-. The van der Waals surface area contributed by atoms with Gasteiger partial charge in [-0.15, -0.1) is 0 Å². The molecule has 0 aromatic rings. The quantitative estimate of drug-likeness (QED) is 0.0262. The highest BCUT2D eigenvalue weighted by atomic mass is 16.6. The van der Waals surface area contributed by atoms with Crippen molar-refractivity contribution < 1.29 is 28.6 Å². The molecular weight excluding hydrogens is 841 g/mol. The third-order valence-electron chi connectivity index (χ3n) is 11.5. The molecule has 386 valence electrons. The Morgan fingerprint density at radius 3 is 0.985 bits per heavy atom. The van der Waals surface area contributed by atoms with Gasteiger partial charge in [0, 0.05) is 19.3 Å². The molecule has 0 spiro atoms. The lowest BCUT2D eigenvalue weighted by atomic mass is 10.1. The summed E-state index contributed by atoms with van der Waals surface area (Å²) in [7, 11) is 0. The highest BCUT2D eigenvalue weighted by Gasteiger charge is 2.19. The molecule has 0 fully saturated rings. The highest BCUT2D eigenvalue weighted by molar-refractivity contribution is 5.71. The molecule has 0 aliphatic carbocycles. The molecule has 1 atom stereocenters. The van der Waals surface area contributed by atoms with Crippen LogP contribution in [0.4, 0.5) is 0 Å². The van der Waals surface area contributed by atoms with Crippen LogP contribution in [0.1, 0.15) is 245 Å². The van der Waals surface area contributed by atoms with Gasteiger partial charge in [0.05, 0.1) is 0 Å². The van der Waals surface area contributed by atoms with Gasteiger partial charge in [-0.25, -0.2) is 0 Å². The van der Waals surface area contributed by atoms with Crippen LogP contribution in [0.3, 0.4) is 0 Å². The van der Waals surface area contributed by atoms with E-state index < -0.39 is 6.10 Å². The molecule has 0 amide bonds. The first-order valence-corrected chi connectivity index (χ1v) is 27.9. The van der Waals surface area contributed by atoms with Crippen molar-refractivity contribution in [1.29, 1.82) is 0 Å². The zero-order valence-corrected chi connectivity index (χ0v) is 44.1. The van der Waals surface area contributed by atoms with E-state index in [4.69, 9.17) is 14.2 Å². The Morgan fingerprint density at radius 1 is 0.309 bits per heavy atom. The summed E-state index contributed by atoms with van der Waals surface area (Å²) in [4.78, 5) is 38.1. The van der Waals surface area contributed by atoms with Gasteiger partial charge in [0.1, 0.15) is 13.2 Å². The molecule has 0 aromatic heterocycles. The van der Waals surface area contributed by atoms with Gasteiger partial charge in [0.15, 0.2) is 6.10 Å². The van der Waals surface area contributed by atoms with Crippen molar-refractivity contribution in [1.82, 2.24) is 0 Å². The molecule has 0 bridgehead atoms. The Hall–Kier alpha value is -3.93. The van der Waals surface area contributed by atoms with Crippen LogP contribution < -0.4 is 0 Å². The van der Waals surface area contributed by atoms with Crippen molar-refractivity contribution >= 4 is 17.9 Å². The number of allylic oxidation sites excluding steroid dienone is 18. The van der Waals surface area contributed by atoms with Gasteiger partial charge in [-0.2, -0.15) is 0 Å². The molecule has 0 heterocycles. The maximum atomic E-state index is 12.8. The number of ether oxygens (including phenoxy) is 3. The van der Waals surface area contributed by atoms with Crippen LogP contribution in [0.25, 0.3) is 0 Å². The van der Waals surface area contributed by atoms with Gasteiger partial charge in [-0.05, 0) is 122 Å². The first-order valence-electron chi connectivity index (χ1n) is 27.9.